The van der Waals surface area contributed by atoms with Crippen molar-refractivity contribution in [3.8, 4) is 16.9 Å². The van der Waals surface area contributed by atoms with Crippen LogP contribution in [0.2, 0.25) is 0 Å². The minimum atomic E-state index is 0.801. The van der Waals surface area contributed by atoms with Crippen molar-refractivity contribution in [2.75, 3.05) is 12.8 Å². The van der Waals surface area contributed by atoms with Gasteiger partial charge in [-0.05, 0) is 40.6 Å². The number of methoxy groups -OCH3 is 1. The maximum atomic E-state index is 6.02. The molecule has 0 bridgehead atoms. The molecule has 0 atom stereocenters. The van der Waals surface area contributed by atoms with E-state index in [1.54, 1.807) is 7.11 Å². The minimum absolute atomic E-state index is 0.801. The number of benzene rings is 3. The first-order valence-corrected chi connectivity index (χ1v) is 6.20. The molecule has 3 aromatic rings. The molecule has 0 saturated heterocycles. The van der Waals surface area contributed by atoms with Crippen molar-refractivity contribution in [1.29, 1.82) is 0 Å². The lowest BCUT2D eigenvalue weighted by atomic mass is 10.00. The van der Waals surface area contributed by atoms with Crippen LogP contribution in [0.15, 0.2) is 60.7 Å². The Morgan fingerprint density at radius 3 is 2.37 bits per heavy atom. The van der Waals surface area contributed by atoms with Crippen LogP contribution in [-0.2, 0) is 0 Å². The summed E-state index contributed by atoms with van der Waals surface area (Å²) in [6.07, 6.45) is 0. The molecule has 0 fully saturated rings. The summed E-state index contributed by atoms with van der Waals surface area (Å²) in [6.45, 7) is 0. The highest BCUT2D eigenvalue weighted by Gasteiger charge is 2.03. The van der Waals surface area contributed by atoms with Crippen LogP contribution in [0, 0.1) is 0 Å². The van der Waals surface area contributed by atoms with Gasteiger partial charge >= 0.3 is 0 Å². The Morgan fingerprint density at radius 1 is 0.842 bits per heavy atom. The third-order valence-electron chi connectivity index (χ3n) is 3.32. The number of nitrogen functional groups attached to an aromatic ring is 1. The van der Waals surface area contributed by atoms with Crippen molar-refractivity contribution >= 4 is 16.5 Å². The smallest absolute Gasteiger partial charge is 0.119 e. The van der Waals surface area contributed by atoms with Crippen LogP contribution in [0.25, 0.3) is 21.9 Å². The Bertz CT molecular complexity index is 734. The Hall–Kier alpha value is -2.48. The van der Waals surface area contributed by atoms with Gasteiger partial charge in [0, 0.05) is 11.3 Å². The standard InChI is InChI=1S/C17H15NO/c1-19-15-9-8-12-10-14(7-6-13(12)11-15)16-4-2-3-5-17(16)18/h2-11H,18H2,1H3. The molecule has 0 radical (unpaired) electrons. The lowest BCUT2D eigenvalue weighted by Crippen LogP contribution is -1.89. The molecule has 0 aliphatic heterocycles. The highest BCUT2D eigenvalue weighted by atomic mass is 16.5. The average Bonchev–Trinajstić information content (AvgIpc) is 2.46. The lowest BCUT2D eigenvalue weighted by molar-refractivity contribution is 0.415. The summed E-state index contributed by atoms with van der Waals surface area (Å²) in [6, 6.07) is 20.3. The number of anilines is 1. The van der Waals surface area contributed by atoms with Gasteiger partial charge in [0.15, 0.2) is 0 Å². The van der Waals surface area contributed by atoms with E-state index in [0.29, 0.717) is 0 Å². The number of hydrogen-bond acceptors (Lipinski definition) is 2. The molecule has 0 heterocycles. The highest BCUT2D eigenvalue weighted by Crippen LogP contribution is 2.29. The van der Waals surface area contributed by atoms with Gasteiger partial charge in [0.25, 0.3) is 0 Å². The molecule has 3 aromatic carbocycles. The normalized spacial score (nSPS) is 10.6. The van der Waals surface area contributed by atoms with E-state index in [1.807, 2.05) is 36.4 Å². The molecule has 0 aliphatic rings. The van der Waals surface area contributed by atoms with E-state index in [4.69, 9.17) is 10.5 Å². The zero-order valence-electron chi connectivity index (χ0n) is 10.8. The molecule has 2 N–H and O–H groups in total. The summed E-state index contributed by atoms with van der Waals surface area (Å²) in [5, 5.41) is 2.35. The van der Waals surface area contributed by atoms with E-state index in [1.165, 1.54) is 5.39 Å². The fourth-order valence-electron chi connectivity index (χ4n) is 2.28. The van der Waals surface area contributed by atoms with Crippen molar-refractivity contribution in [2.24, 2.45) is 0 Å². The number of fused-ring (bicyclic) bond motifs is 1. The van der Waals surface area contributed by atoms with Crippen LogP contribution in [0.4, 0.5) is 5.69 Å². The highest BCUT2D eigenvalue weighted by molar-refractivity contribution is 5.90. The molecule has 94 valence electrons. The van der Waals surface area contributed by atoms with E-state index in [2.05, 4.69) is 24.3 Å². The lowest BCUT2D eigenvalue weighted by Gasteiger charge is -2.08. The van der Waals surface area contributed by atoms with Gasteiger partial charge in [0.1, 0.15) is 5.75 Å². The molecule has 19 heavy (non-hydrogen) atoms. The first-order valence-electron chi connectivity index (χ1n) is 6.20. The fraction of sp³-hybridized carbons (Fsp3) is 0.0588. The summed E-state index contributed by atoms with van der Waals surface area (Å²) in [7, 11) is 1.68. The second-order valence-electron chi connectivity index (χ2n) is 4.52. The Labute approximate surface area is 112 Å². The topological polar surface area (TPSA) is 35.2 Å². The summed E-state index contributed by atoms with van der Waals surface area (Å²) in [4.78, 5) is 0. The molecule has 0 saturated carbocycles. The predicted octanol–water partition coefficient (Wildman–Crippen LogP) is 4.10. The van der Waals surface area contributed by atoms with Crippen molar-refractivity contribution in [1.82, 2.24) is 0 Å². The Balaban J connectivity index is 2.15. The zero-order valence-corrected chi connectivity index (χ0v) is 10.8. The largest absolute Gasteiger partial charge is 0.497 e. The van der Waals surface area contributed by atoms with E-state index >= 15 is 0 Å². The Morgan fingerprint density at radius 2 is 1.58 bits per heavy atom. The van der Waals surface area contributed by atoms with Crippen molar-refractivity contribution in [3.63, 3.8) is 0 Å². The monoisotopic (exact) mass is 249 g/mol. The van der Waals surface area contributed by atoms with Crippen LogP contribution in [0.5, 0.6) is 5.75 Å². The number of rotatable bonds is 2. The van der Waals surface area contributed by atoms with Gasteiger partial charge in [0.2, 0.25) is 0 Å². The summed E-state index contributed by atoms with van der Waals surface area (Å²) in [5.41, 5.74) is 9.03. The van der Waals surface area contributed by atoms with Gasteiger partial charge in [0.05, 0.1) is 7.11 Å². The second-order valence-corrected chi connectivity index (χ2v) is 4.52. The quantitative estimate of drug-likeness (QED) is 0.694. The first kappa shape index (κ1) is 11.6. The molecule has 0 amide bonds. The third kappa shape index (κ3) is 2.13. The Kier molecular flexibility index (Phi) is 2.84. The zero-order chi connectivity index (χ0) is 13.2. The van der Waals surface area contributed by atoms with E-state index in [-0.39, 0.29) is 0 Å². The predicted molar refractivity (Wildman–Crippen MR) is 80.3 cm³/mol. The second kappa shape index (κ2) is 4.65. The van der Waals surface area contributed by atoms with Gasteiger partial charge < -0.3 is 10.5 Å². The van der Waals surface area contributed by atoms with Crippen LogP contribution in [-0.4, -0.2) is 7.11 Å². The first-order chi connectivity index (χ1) is 9.28. The third-order valence-corrected chi connectivity index (χ3v) is 3.32. The summed E-state index contributed by atoms with van der Waals surface area (Å²) >= 11 is 0. The van der Waals surface area contributed by atoms with E-state index in [0.717, 1.165) is 28.0 Å². The van der Waals surface area contributed by atoms with Crippen molar-refractivity contribution in [3.05, 3.63) is 60.7 Å². The van der Waals surface area contributed by atoms with Crippen LogP contribution in [0.1, 0.15) is 0 Å². The molecule has 0 unspecified atom stereocenters. The molecule has 0 spiro atoms. The molecular weight excluding hydrogens is 234 g/mol. The van der Waals surface area contributed by atoms with Crippen molar-refractivity contribution in [2.45, 2.75) is 0 Å². The van der Waals surface area contributed by atoms with E-state index < -0.39 is 0 Å². The fourth-order valence-corrected chi connectivity index (χ4v) is 2.28. The van der Waals surface area contributed by atoms with Crippen molar-refractivity contribution < 1.29 is 4.74 Å². The average molecular weight is 249 g/mol. The van der Waals surface area contributed by atoms with Crippen LogP contribution < -0.4 is 10.5 Å². The van der Waals surface area contributed by atoms with Crippen LogP contribution >= 0.6 is 0 Å². The maximum Gasteiger partial charge on any atom is 0.119 e. The number of ether oxygens (including phenoxy) is 1. The SMILES string of the molecule is COc1ccc2cc(-c3ccccc3N)ccc2c1. The molecular formula is C17H15NO. The minimum Gasteiger partial charge on any atom is -0.497 e. The number of para-hydroxylation sites is 1. The summed E-state index contributed by atoms with van der Waals surface area (Å²) in [5.74, 6) is 0.875. The van der Waals surface area contributed by atoms with Gasteiger partial charge in [-0.25, -0.2) is 0 Å². The number of nitrogens with two attached hydrogens (primary N) is 1. The number of hydrogen-bond donors (Lipinski definition) is 1. The van der Waals surface area contributed by atoms with Crippen LogP contribution in [0.3, 0.4) is 0 Å². The molecule has 2 heteroatoms. The van der Waals surface area contributed by atoms with Gasteiger partial charge in [-0.3, -0.25) is 0 Å². The molecule has 3 rings (SSSR count). The van der Waals surface area contributed by atoms with Gasteiger partial charge in [-0.2, -0.15) is 0 Å². The van der Waals surface area contributed by atoms with Gasteiger partial charge in [-0.1, -0.05) is 36.4 Å². The van der Waals surface area contributed by atoms with Gasteiger partial charge in [-0.15, -0.1) is 0 Å². The van der Waals surface area contributed by atoms with E-state index in [9.17, 15) is 0 Å². The molecule has 0 aliphatic carbocycles. The summed E-state index contributed by atoms with van der Waals surface area (Å²) < 4.78 is 5.24. The molecule has 2 nitrogen and oxygen atoms in total. The molecule has 0 aromatic heterocycles. The maximum absolute atomic E-state index is 6.02.